The second-order valence-corrected chi connectivity index (χ2v) is 6.32. The van der Waals surface area contributed by atoms with Gasteiger partial charge >= 0.3 is 12.1 Å². The largest absolute Gasteiger partial charge is 0.471 e. The number of rotatable bonds is 8. The molecule has 1 amide bonds. The lowest BCUT2D eigenvalue weighted by atomic mass is 10.1. The van der Waals surface area contributed by atoms with Gasteiger partial charge in [0, 0.05) is 23.7 Å². The quantitative estimate of drug-likeness (QED) is 0.403. The van der Waals surface area contributed by atoms with Crippen molar-refractivity contribution in [1.29, 1.82) is 0 Å². The number of alkyl halides is 3. The fourth-order valence-corrected chi connectivity index (χ4v) is 2.01. The number of benzene rings is 1. The summed E-state index contributed by atoms with van der Waals surface area (Å²) in [5.41, 5.74) is 4.60. The predicted molar refractivity (Wildman–Crippen MR) is 95.0 cm³/mol. The molecule has 1 unspecified atom stereocenters. The standard InChI is InChI=1S/C18H21F3N4O3/c1-11(2)8-9-27-24-12(3)10-22-16(26)14-6-4-13(5-7-14)15-23-17(28-25-15)18(19,20)21/h4-8,12,24H,9-10H2,1-3H3,(H,22,26). The zero-order valence-corrected chi connectivity index (χ0v) is 15.6. The Kier molecular flexibility index (Phi) is 7.30. The number of allylic oxidation sites excluding steroid dienone is 1. The summed E-state index contributed by atoms with van der Waals surface area (Å²) in [5.74, 6) is -1.95. The van der Waals surface area contributed by atoms with E-state index in [4.69, 9.17) is 4.84 Å². The molecule has 0 radical (unpaired) electrons. The average molecular weight is 398 g/mol. The Labute approximate surface area is 159 Å². The van der Waals surface area contributed by atoms with Crippen LogP contribution in [-0.2, 0) is 11.0 Å². The number of aromatic nitrogens is 2. The minimum absolute atomic E-state index is 0.117. The Morgan fingerprint density at radius 1 is 1.29 bits per heavy atom. The van der Waals surface area contributed by atoms with Crippen LogP contribution in [0.5, 0.6) is 0 Å². The monoisotopic (exact) mass is 398 g/mol. The third kappa shape index (κ3) is 6.46. The predicted octanol–water partition coefficient (Wildman–Crippen LogP) is 3.36. The minimum Gasteiger partial charge on any atom is -0.350 e. The Morgan fingerprint density at radius 3 is 2.54 bits per heavy atom. The number of hydrogen-bond donors (Lipinski definition) is 2. The molecule has 0 aliphatic carbocycles. The van der Waals surface area contributed by atoms with Gasteiger partial charge < -0.3 is 9.84 Å². The number of hydrogen-bond acceptors (Lipinski definition) is 6. The highest BCUT2D eigenvalue weighted by Crippen LogP contribution is 2.29. The SMILES string of the molecule is CC(C)=CCONC(C)CNC(=O)c1ccc(-c2noc(C(F)(F)F)n2)cc1. The number of halogens is 3. The summed E-state index contributed by atoms with van der Waals surface area (Å²) in [6.07, 6.45) is -2.79. The van der Waals surface area contributed by atoms with E-state index in [1.165, 1.54) is 24.3 Å². The van der Waals surface area contributed by atoms with Crippen molar-refractivity contribution in [3.8, 4) is 11.4 Å². The van der Waals surface area contributed by atoms with Gasteiger partial charge in [-0.3, -0.25) is 9.63 Å². The first-order valence-electron chi connectivity index (χ1n) is 8.47. The van der Waals surface area contributed by atoms with Gasteiger partial charge in [0.2, 0.25) is 5.82 Å². The summed E-state index contributed by atoms with van der Waals surface area (Å²) in [6, 6.07) is 5.72. The summed E-state index contributed by atoms with van der Waals surface area (Å²) >= 11 is 0. The van der Waals surface area contributed by atoms with Gasteiger partial charge in [-0.2, -0.15) is 23.6 Å². The molecule has 0 bridgehead atoms. The van der Waals surface area contributed by atoms with E-state index in [1.807, 2.05) is 26.8 Å². The molecule has 1 aromatic carbocycles. The van der Waals surface area contributed by atoms with Gasteiger partial charge in [-0.05, 0) is 32.9 Å². The highest BCUT2D eigenvalue weighted by molar-refractivity contribution is 5.94. The third-order valence-corrected chi connectivity index (χ3v) is 3.50. The molecule has 0 saturated heterocycles. The van der Waals surface area contributed by atoms with Crippen molar-refractivity contribution in [2.24, 2.45) is 0 Å². The molecule has 1 aromatic heterocycles. The first-order chi connectivity index (χ1) is 13.2. The van der Waals surface area contributed by atoms with E-state index in [-0.39, 0.29) is 17.8 Å². The van der Waals surface area contributed by atoms with Gasteiger partial charge in [0.15, 0.2) is 0 Å². The molecule has 152 valence electrons. The lowest BCUT2D eigenvalue weighted by Crippen LogP contribution is -2.39. The summed E-state index contributed by atoms with van der Waals surface area (Å²) in [6.45, 7) is 6.53. The van der Waals surface area contributed by atoms with Crippen molar-refractivity contribution in [2.75, 3.05) is 13.2 Å². The molecule has 2 aromatic rings. The van der Waals surface area contributed by atoms with E-state index in [9.17, 15) is 18.0 Å². The maximum Gasteiger partial charge on any atom is 0.471 e. The normalized spacial score (nSPS) is 12.5. The van der Waals surface area contributed by atoms with Gasteiger partial charge in [0.05, 0.1) is 6.61 Å². The maximum atomic E-state index is 12.5. The fraction of sp³-hybridized carbons (Fsp3) is 0.389. The summed E-state index contributed by atoms with van der Waals surface area (Å²) in [5, 5.41) is 6.04. The maximum absolute atomic E-state index is 12.5. The second kappa shape index (κ2) is 9.47. The van der Waals surface area contributed by atoms with Crippen molar-refractivity contribution in [1.82, 2.24) is 20.9 Å². The van der Waals surface area contributed by atoms with E-state index in [0.717, 1.165) is 5.57 Å². The smallest absolute Gasteiger partial charge is 0.350 e. The topological polar surface area (TPSA) is 89.3 Å². The van der Waals surface area contributed by atoms with Gasteiger partial charge in [-0.25, -0.2) is 0 Å². The third-order valence-electron chi connectivity index (χ3n) is 3.50. The van der Waals surface area contributed by atoms with E-state index >= 15 is 0 Å². The molecule has 0 saturated carbocycles. The molecule has 1 atom stereocenters. The number of nitrogens with zero attached hydrogens (tertiary/aromatic N) is 2. The number of hydroxylamine groups is 1. The fourth-order valence-electron chi connectivity index (χ4n) is 2.01. The molecule has 2 N–H and O–H groups in total. The molecule has 2 rings (SSSR count). The van der Waals surface area contributed by atoms with Crippen LogP contribution in [0.2, 0.25) is 0 Å². The average Bonchev–Trinajstić information content (AvgIpc) is 3.14. The number of carbonyl (C=O) groups is 1. The highest BCUT2D eigenvalue weighted by atomic mass is 19.4. The molecule has 28 heavy (non-hydrogen) atoms. The van der Waals surface area contributed by atoms with Crippen LogP contribution in [-0.4, -0.2) is 35.2 Å². The van der Waals surface area contributed by atoms with Crippen LogP contribution in [0.25, 0.3) is 11.4 Å². The van der Waals surface area contributed by atoms with E-state index < -0.39 is 12.1 Å². The molecule has 0 aliphatic heterocycles. The van der Waals surface area contributed by atoms with Crippen LogP contribution >= 0.6 is 0 Å². The molecule has 0 fully saturated rings. The van der Waals surface area contributed by atoms with Crippen molar-refractivity contribution in [2.45, 2.75) is 33.0 Å². The van der Waals surface area contributed by atoms with Gasteiger partial charge in [0.1, 0.15) is 0 Å². The van der Waals surface area contributed by atoms with E-state index in [1.54, 1.807) is 0 Å². The van der Waals surface area contributed by atoms with Crippen LogP contribution < -0.4 is 10.8 Å². The molecule has 7 nitrogen and oxygen atoms in total. The van der Waals surface area contributed by atoms with Crippen molar-refractivity contribution in [3.05, 3.63) is 47.4 Å². The number of nitrogens with one attached hydrogen (secondary N) is 2. The first-order valence-corrected chi connectivity index (χ1v) is 8.47. The Morgan fingerprint density at radius 2 is 1.96 bits per heavy atom. The number of amides is 1. The molecule has 0 aliphatic rings. The first kappa shape index (κ1) is 21.6. The lowest BCUT2D eigenvalue weighted by molar-refractivity contribution is -0.159. The Hall–Kier alpha value is -2.72. The van der Waals surface area contributed by atoms with E-state index in [0.29, 0.717) is 24.3 Å². The Bertz CT molecular complexity index is 812. The molecule has 1 heterocycles. The zero-order chi connectivity index (χ0) is 20.7. The summed E-state index contributed by atoms with van der Waals surface area (Å²) in [4.78, 5) is 20.7. The highest BCUT2D eigenvalue weighted by Gasteiger charge is 2.38. The van der Waals surface area contributed by atoms with Crippen LogP contribution in [0.1, 0.15) is 37.0 Å². The summed E-state index contributed by atoms with van der Waals surface area (Å²) < 4.78 is 41.7. The minimum atomic E-state index is -4.70. The zero-order valence-electron chi connectivity index (χ0n) is 15.6. The van der Waals surface area contributed by atoms with Gasteiger partial charge in [0.25, 0.3) is 5.91 Å². The van der Waals surface area contributed by atoms with Crippen LogP contribution in [0.15, 0.2) is 40.4 Å². The van der Waals surface area contributed by atoms with Gasteiger partial charge in [-0.1, -0.05) is 28.9 Å². The van der Waals surface area contributed by atoms with Crippen LogP contribution in [0.3, 0.4) is 0 Å². The van der Waals surface area contributed by atoms with Gasteiger partial charge in [-0.15, -0.1) is 0 Å². The van der Waals surface area contributed by atoms with Crippen molar-refractivity contribution < 1.29 is 27.3 Å². The van der Waals surface area contributed by atoms with E-state index in [2.05, 4.69) is 25.5 Å². The number of carbonyl (C=O) groups excluding carboxylic acids is 1. The lowest BCUT2D eigenvalue weighted by Gasteiger charge is -2.14. The van der Waals surface area contributed by atoms with Crippen molar-refractivity contribution in [3.63, 3.8) is 0 Å². The van der Waals surface area contributed by atoms with Crippen LogP contribution in [0.4, 0.5) is 13.2 Å². The molecular formula is C18H21F3N4O3. The van der Waals surface area contributed by atoms with Crippen LogP contribution in [0, 0.1) is 0 Å². The molecular weight excluding hydrogens is 377 g/mol. The molecule has 10 heteroatoms. The second-order valence-electron chi connectivity index (χ2n) is 6.32. The Balaban J connectivity index is 1.86. The van der Waals surface area contributed by atoms with Crippen molar-refractivity contribution >= 4 is 5.91 Å². The summed E-state index contributed by atoms with van der Waals surface area (Å²) in [7, 11) is 0. The molecule has 0 spiro atoms.